The first-order chi connectivity index (χ1) is 6.16. The highest BCUT2D eigenvalue weighted by molar-refractivity contribution is 5.69. The molecule has 0 spiro atoms. The lowest BCUT2D eigenvalue weighted by Gasteiger charge is -2.04. The van der Waals surface area contributed by atoms with Crippen molar-refractivity contribution in [2.24, 2.45) is 0 Å². The zero-order chi connectivity index (χ0) is 10.1. The summed E-state index contributed by atoms with van der Waals surface area (Å²) < 4.78 is 4.13. The molecule has 0 aliphatic carbocycles. The molecule has 13 heavy (non-hydrogen) atoms. The van der Waals surface area contributed by atoms with E-state index in [-0.39, 0.29) is 6.42 Å². The molecule has 0 radical (unpaired) electrons. The van der Waals surface area contributed by atoms with E-state index in [0.29, 0.717) is 0 Å². The minimum absolute atomic E-state index is 0.265. The van der Waals surface area contributed by atoms with Crippen molar-refractivity contribution in [1.82, 2.24) is 0 Å². The molecule has 0 atom stereocenters. The molecule has 0 saturated carbocycles. The van der Waals surface area contributed by atoms with Crippen molar-refractivity contribution in [1.29, 1.82) is 0 Å². The van der Waals surface area contributed by atoms with E-state index in [4.69, 9.17) is 10.2 Å². The molecule has 0 aromatic heterocycles. The minimum atomic E-state index is -1.97. The smallest absolute Gasteiger partial charge is 0.313 e. The molecule has 0 heterocycles. The molecule has 0 rings (SSSR count). The van der Waals surface area contributed by atoms with Crippen LogP contribution in [0.1, 0.15) is 45.4 Å². The first-order valence-electron chi connectivity index (χ1n) is 4.72. The van der Waals surface area contributed by atoms with Gasteiger partial charge in [0.2, 0.25) is 0 Å². The van der Waals surface area contributed by atoms with Crippen molar-refractivity contribution in [3.8, 4) is 0 Å². The molecule has 0 saturated heterocycles. The number of carbonyl (C=O) groups excluding carboxylic acids is 1. The van der Waals surface area contributed by atoms with Crippen LogP contribution in [0.25, 0.3) is 0 Å². The molecule has 78 valence electrons. The molecule has 0 aromatic rings. The van der Waals surface area contributed by atoms with Gasteiger partial charge in [0.05, 0.1) is 0 Å². The van der Waals surface area contributed by atoms with Crippen molar-refractivity contribution < 1.29 is 19.7 Å². The van der Waals surface area contributed by atoms with Crippen LogP contribution >= 0.6 is 0 Å². The van der Waals surface area contributed by atoms with Crippen LogP contribution < -0.4 is 0 Å². The summed E-state index contributed by atoms with van der Waals surface area (Å²) in [4.78, 5) is 10.7. The van der Waals surface area contributed by atoms with Gasteiger partial charge in [-0.25, -0.2) is 0 Å². The lowest BCUT2D eigenvalue weighted by Crippen LogP contribution is -2.16. The summed E-state index contributed by atoms with van der Waals surface area (Å²) in [5, 5.41) is 16.6. The van der Waals surface area contributed by atoms with Gasteiger partial charge in [-0.2, -0.15) is 0 Å². The quantitative estimate of drug-likeness (QED) is 0.359. The average Bonchev–Trinajstić information content (AvgIpc) is 2.02. The van der Waals surface area contributed by atoms with Crippen molar-refractivity contribution >= 4 is 5.97 Å². The molecule has 0 unspecified atom stereocenters. The second-order valence-electron chi connectivity index (χ2n) is 2.98. The Morgan fingerprint density at radius 3 is 2.38 bits per heavy atom. The van der Waals surface area contributed by atoms with Crippen LogP contribution in [-0.2, 0) is 9.53 Å². The molecule has 0 aromatic carbocycles. The highest BCUT2D eigenvalue weighted by Crippen LogP contribution is 2.05. The number of unbranched alkanes of at least 4 members (excludes halogenated alkanes) is 4. The Bertz CT molecular complexity index is 134. The molecular formula is C9H18O4. The standard InChI is InChI=1S/C9H18O4/c1-2-3-4-5-6-7-8(10)13-9(11)12/h9,11-12H,2-7H2,1H3. The van der Waals surface area contributed by atoms with Crippen LogP contribution in [0.5, 0.6) is 0 Å². The first kappa shape index (κ1) is 12.4. The summed E-state index contributed by atoms with van der Waals surface area (Å²) in [6.45, 7) is 0.152. The van der Waals surface area contributed by atoms with Crippen LogP contribution in [0.2, 0.25) is 0 Å². The fraction of sp³-hybridized carbons (Fsp3) is 0.889. The Labute approximate surface area is 78.5 Å². The first-order valence-corrected chi connectivity index (χ1v) is 4.72. The highest BCUT2D eigenvalue weighted by atomic mass is 16.7. The number of rotatable bonds is 7. The monoisotopic (exact) mass is 190 g/mol. The normalized spacial score (nSPS) is 10.5. The van der Waals surface area contributed by atoms with Gasteiger partial charge in [-0.15, -0.1) is 0 Å². The number of carbonyl (C=O) groups is 1. The summed E-state index contributed by atoms with van der Waals surface area (Å²) in [7, 11) is 0. The van der Waals surface area contributed by atoms with Gasteiger partial charge in [-0.1, -0.05) is 32.6 Å². The van der Waals surface area contributed by atoms with E-state index < -0.39 is 12.4 Å². The SMILES string of the molecule is CCCCCCCC(=O)OC(O)O. The van der Waals surface area contributed by atoms with E-state index in [9.17, 15) is 4.79 Å². The zero-order valence-corrected chi connectivity index (χ0v) is 8.03. The summed E-state index contributed by atoms with van der Waals surface area (Å²) in [5.41, 5.74) is 0. The molecule has 4 nitrogen and oxygen atoms in total. The number of hydrogen-bond acceptors (Lipinski definition) is 4. The average molecular weight is 190 g/mol. The fourth-order valence-corrected chi connectivity index (χ4v) is 1.05. The second kappa shape index (κ2) is 8.01. The van der Waals surface area contributed by atoms with Crippen LogP contribution in [0, 0.1) is 0 Å². The van der Waals surface area contributed by atoms with Gasteiger partial charge >= 0.3 is 12.4 Å². The van der Waals surface area contributed by atoms with Crippen LogP contribution in [0.3, 0.4) is 0 Å². The topological polar surface area (TPSA) is 66.8 Å². The maximum atomic E-state index is 10.7. The summed E-state index contributed by atoms with van der Waals surface area (Å²) in [6.07, 6.45) is 5.47. The molecular weight excluding hydrogens is 172 g/mol. The van der Waals surface area contributed by atoms with Crippen molar-refractivity contribution in [2.75, 3.05) is 0 Å². The van der Waals surface area contributed by atoms with Gasteiger partial charge in [0.15, 0.2) is 0 Å². The van der Waals surface area contributed by atoms with Crippen LogP contribution in [0.15, 0.2) is 0 Å². The van der Waals surface area contributed by atoms with Gasteiger partial charge in [0.1, 0.15) is 0 Å². The van der Waals surface area contributed by atoms with Gasteiger partial charge < -0.3 is 14.9 Å². The largest absolute Gasteiger partial charge is 0.411 e. The number of aliphatic hydroxyl groups is 2. The van der Waals surface area contributed by atoms with Crippen LogP contribution in [0.4, 0.5) is 0 Å². The number of esters is 1. The predicted octanol–water partition coefficient (Wildman–Crippen LogP) is 1.16. The van der Waals surface area contributed by atoms with Gasteiger partial charge in [0, 0.05) is 6.42 Å². The van der Waals surface area contributed by atoms with Crippen LogP contribution in [-0.4, -0.2) is 22.7 Å². The van der Waals surface area contributed by atoms with Gasteiger partial charge in [-0.3, -0.25) is 4.79 Å². The van der Waals surface area contributed by atoms with E-state index in [1.165, 1.54) is 12.8 Å². The fourth-order valence-electron chi connectivity index (χ4n) is 1.05. The van der Waals surface area contributed by atoms with Gasteiger partial charge in [0.25, 0.3) is 0 Å². The third-order valence-corrected chi connectivity index (χ3v) is 1.72. The van der Waals surface area contributed by atoms with Gasteiger partial charge in [-0.05, 0) is 6.42 Å². The van der Waals surface area contributed by atoms with Crippen molar-refractivity contribution in [2.45, 2.75) is 51.9 Å². The van der Waals surface area contributed by atoms with E-state index >= 15 is 0 Å². The lowest BCUT2D eigenvalue weighted by atomic mass is 10.1. The molecule has 0 aliphatic rings. The minimum Gasteiger partial charge on any atom is -0.411 e. The number of aliphatic hydroxyl groups excluding tert-OH is 1. The highest BCUT2D eigenvalue weighted by Gasteiger charge is 2.06. The van der Waals surface area contributed by atoms with Crippen molar-refractivity contribution in [3.63, 3.8) is 0 Å². The zero-order valence-electron chi connectivity index (χ0n) is 8.03. The van der Waals surface area contributed by atoms with E-state index in [2.05, 4.69) is 11.7 Å². The Morgan fingerprint density at radius 1 is 1.23 bits per heavy atom. The maximum Gasteiger partial charge on any atom is 0.313 e. The summed E-state index contributed by atoms with van der Waals surface area (Å²) >= 11 is 0. The summed E-state index contributed by atoms with van der Waals surface area (Å²) in [6, 6.07) is 0. The molecule has 4 heteroatoms. The van der Waals surface area contributed by atoms with Crippen molar-refractivity contribution in [3.05, 3.63) is 0 Å². The molecule has 0 amide bonds. The molecule has 2 N–H and O–H groups in total. The number of ether oxygens (including phenoxy) is 1. The molecule has 0 fully saturated rings. The van der Waals surface area contributed by atoms with E-state index in [1.807, 2.05) is 0 Å². The third-order valence-electron chi connectivity index (χ3n) is 1.72. The Hall–Kier alpha value is -0.610. The van der Waals surface area contributed by atoms with E-state index in [0.717, 1.165) is 19.3 Å². The van der Waals surface area contributed by atoms with E-state index in [1.54, 1.807) is 0 Å². The number of hydrogen-bond donors (Lipinski definition) is 2. The second-order valence-corrected chi connectivity index (χ2v) is 2.98. The molecule has 0 aliphatic heterocycles. The Morgan fingerprint density at radius 2 is 1.85 bits per heavy atom. The molecule has 0 bridgehead atoms. The maximum absolute atomic E-state index is 10.7. The predicted molar refractivity (Wildman–Crippen MR) is 47.7 cm³/mol. The Kier molecular flexibility index (Phi) is 7.63. The third kappa shape index (κ3) is 9.30. The Balaban J connectivity index is 3.17. The summed E-state index contributed by atoms with van der Waals surface area (Å²) in [5.74, 6) is -0.550. The lowest BCUT2D eigenvalue weighted by molar-refractivity contribution is -0.229.